The van der Waals surface area contributed by atoms with Gasteiger partial charge in [-0.1, -0.05) is 0 Å². The highest BCUT2D eigenvalue weighted by Gasteiger charge is 2.33. The van der Waals surface area contributed by atoms with Crippen LogP contribution in [0.2, 0.25) is 0 Å². The molecule has 0 heterocycles. The number of ketones is 2. The molecule has 0 aliphatic heterocycles. The molecule has 0 aliphatic carbocycles. The highest BCUT2D eigenvalue weighted by atomic mass is 16.8. The van der Waals surface area contributed by atoms with Gasteiger partial charge in [-0.2, -0.15) is 0 Å². The number of hydrogen-bond donors (Lipinski definition) is 0. The Morgan fingerprint density at radius 2 is 0.875 bits per heavy atom. The molecule has 0 amide bonds. The van der Waals surface area contributed by atoms with Crippen molar-refractivity contribution in [3.8, 4) is 0 Å². The van der Waals surface area contributed by atoms with Gasteiger partial charge in [-0.05, 0) is 55.4 Å². The van der Waals surface area contributed by atoms with E-state index in [4.69, 9.17) is 18.9 Å². The highest BCUT2D eigenvalue weighted by Crippen LogP contribution is 2.12. The van der Waals surface area contributed by atoms with Crippen LogP contribution < -0.4 is 0 Å². The van der Waals surface area contributed by atoms with E-state index in [1.54, 1.807) is 41.5 Å². The second-order valence-corrected chi connectivity index (χ2v) is 7.18. The third-order valence-corrected chi connectivity index (χ3v) is 2.31. The Kier molecular flexibility index (Phi) is 7.40. The third-order valence-electron chi connectivity index (χ3n) is 2.31. The fourth-order valence-electron chi connectivity index (χ4n) is 1.34. The molecule has 24 heavy (non-hydrogen) atoms. The topological polar surface area (TPSA) is 105 Å². The van der Waals surface area contributed by atoms with Crippen molar-refractivity contribution in [1.82, 2.24) is 0 Å². The van der Waals surface area contributed by atoms with Gasteiger partial charge in [-0.25, -0.2) is 9.59 Å². The number of ether oxygens (including phenoxy) is 4. The normalized spacial score (nSPS) is 14.2. The summed E-state index contributed by atoms with van der Waals surface area (Å²) in [5, 5.41) is 0. The molecular weight excluding hydrogens is 322 g/mol. The second kappa shape index (κ2) is 8.12. The van der Waals surface area contributed by atoms with Crippen molar-refractivity contribution in [2.75, 3.05) is 0 Å². The SMILES string of the molecule is CC(OC(=O)OC(C)(C)C)C(=O)C(=O)[13CH]([13CH3])OC(=O)OC(C)(C)C. The maximum absolute atomic E-state index is 11.9. The fraction of sp³-hybridized carbons (Fsp3) is 0.750. The molecule has 0 aromatic rings. The van der Waals surface area contributed by atoms with Gasteiger partial charge in [0, 0.05) is 0 Å². The fourth-order valence-corrected chi connectivity index (χ4v) is 1.34. The molecule has 0 spiro atoms. The van der Waals surface area contributed by atoms with Crippen LogP contribution in [0.4, 0.5) is 9.59 Å². The van der Waals surface area contributed by atoms with E-state index in [9.17, 15) is 19.2 Å². The zero-order valence-corrected chi connectivity index (χ0v) is 15.4. The smallest absolute Gasteiger partial charge is 0.429 e. The summed E-state index contributed by atoms with van der Waals surface area (Å²) in [6, 6.07) is 0. The van der Waals surface area contributed by atoms with Crippen molar-refractivity contribution in [1.29, 1.82) is 0 Å². The van der Waals surface area contributed by atoms with Gasteiger partial charge in [0.15, 0.2) is 12.2 Å². The van der Waals surface area contributed by atoms with Crippen LogP contribution in [0.1, 0.15) is 55.4 Å². The van der Waals surface area contributed by atoms with Gasteiger partial charge >= 0.3 is 12.3 Å². The summed E-state index contributed by atoms with van der Waals surface area (Å²) < 4.78 is 19.3. The van der Waals surface area contributed by atoms with Crippen LogP contribution in [0.5, 0.6) is 0 Å². The van der Waals surface area contributed by atoms with Gasteiger partial charge in [0.1, 0.15) is 11.2 Å². The van der Waals surface area contributed by atoms with E-state index in [-0.39, 0.29) is 0 Å². The van der Waals surface area contributed by atoms with Crippen LogP contribution in [0.25, 0.3) is 0 Å². The predicted octanol–water partition coefficient (Wildman–Crippen LogP) is 2.81. The number of carbonyl (C=O) groups is 4. The Hall–Kier alpha value is -2.12. The number of hydrogen-bond acceptors (Lipinski definition) is 8. The molecule has 8 nitrogen and oxygen atoms in total. The molecule has 0 aliphatic rings. The molecule has 0 N–H and O–H groups in total. The van der Waals surface area contributed by atoms with E-state index in [0.29, 0.717) is 0 Å². The van der Waals surface area contributed by atoms with E-state index in [1.165, 1.54) is 13.8 Å². The zero-order valence-electron chi connectivity index (χ0n) is 15.4. The molecule has 8 heteroatoms. The third kappa shape index (κ3) is 9.12. The molecule has 0 rings (SSSR count). The van der Waals surface area contributed by atoms with Crippen molar-refractivity contribution >= 4 is 23.9 Å². The lowest BCUT2D eigenvalue weighted by atomic mass is 10.2. The van der Waals surface area contributed by atoms with Crippen LogP contribution in [0, 0.1) is 0 Å². The zero-order chi connectivity index (χ0) is 19.3. The number of rotatable bonds is 5. The summed E-state index contributed by atoms with van der Waals surface area (Å²) >= 11 is 0. The van der Waals surface area contributed by atoms with Crippen LogP contribution in [0.3, 0.4) is 0 Å². The lowest BCUT2D eigenvalue weighted by Gasteiger charge is -2.22. The standard InChI is InChI=1S/C16H26O8/c1-9(21-13(19)23-15(3,4)5)11(17)12(18)10(2)22-14(20)24-16(6,7)8/h9-10H,1-8H3/i1+1,9+1. The van der Waals surface area contributed by atoms with Crippen LogP contribution in [-0.4, -0.2) is 47.3 Å². The monoisotopic (exact) mass is 348 g/mol. The van der Waals surface area contributed by atoms with E-state index >= 15 is 0 Å². The molecule has 0 bridgehead atoms. The van der Waals surface area contributed by atoms with E-state index in [1.807, 2.05) is 0 Å². The summed E-state index contributed by atoms with van der Waals surface area (Å²) in [6.07, 6.45) is -4.87. The number of carbonyl (C=O) groups excluding carboxylic acids is 4. The van der Waals surface area contributed by atoms with Gasteiger partial charge in [0.25, 0.3) is 0 Å². The Morgan fingerprint density at radius 1 is 0.625 bits per heavy atom. The summed E-state index contributed by atoms with van der Waals surface area (Å²) in [7, 11) is 0. The van der Waals surface area contributed by atoms with Gasteiger partial charge < -0.3 is 18.9 Å². The van der Waals surface area contributed by atoms with Crippen molar-refractivity contribution in [2.24, 2.45) is 0 Å². The lowest BCUT2D eigenvalue weighted by Crippen LogP contribution is -2.39. The average Bonchev–Trinajstić information content (AvgIpc) is 2.31. The minimum atomic E-state index is -1.36. The van der Waals surface area contributed by atoms with E-state index in [2.05, 4.69) is 0 Å². The molecule has 0 saturated heterocycles. The highest BCUT2D eigenvalue weighted by molar-refractivity contribution is 6.40. The maximum atomic E-state index is 11.9. The Morgan fingerprint density at radius 3 is 1.08 bits per heavy atom. The quantitative estimate of drug-likeness (QED) is 0.424. The van der Waals surface area contributed by atoms with Crippen molar-refractivity contribution in [2.45, 2.75) is 78.8 Å². The van der Waals surface area contributed by atoms with Gasteiger partial charge in [0.05, 0.1) is 0 Å². The summed E-state index contributed by atoms with van der Waals surface area (Å²) in [4.78, 5) is 46.8. The minimum absolute atomic E-state index is 0.795. The van der Waals surface area contributed by atoms with Crippen molar-refractivity contribution in [3.63, 3.8) is 0 Å². The first-order valence-corrected chi connectivity index (χ1v) is 7.49. The summed E-state index contributed by atoms with van der Waals surface area (Å²) in [5.74, 6) is -2.03. The minimum Gasteiger partial charge on any atom is -0.429 e. The number of Topliss-reactive ketones (excluding diaryl/α,β-unsaturated/α-hetero) is 2. The second-order valence-electron chi connectivity index (χ2n) is 7.18. The first kappa shape index (κ1) is 21.9. The first-order chi connectivity index (χ1) is 10.6. The Balaban J connectivity index is 4.61. The van der Waals surface area contributed by atoms with Crippen molar-refractivity contribution < 1.29 is 38.1 Å². The van der Waals surface area contributed by atoms with Gasteiger partial charge in [-0.3, -0.25) is 9.59 Å². The maximum Gasteiger partial charge on any atom is 0.509 e. The van der Waals surface area contributed by atoms with Gasteiger partial charge in [-0.15, -0.1) is 0 Å². The molecule has 0 aromatic carbocycles. The Labute approximate surface area is 141 Å². The van der Waals surface area contributed by atoms with E-state index < -0.39 is 47.3 Å². The van der Waals surface area contributed by atoms with E-state index in [0.717, 1.165) is 0 Å². The molecule has 138 valence electrons. The largest absolute Gasteiger partial charge is 0.509 e. The summed E-state index contributed by atoms with van der Waals surface area (Å²) in [6.45, 7) is 12.2. The van der Waals surface area contributed by atoms with Gasteiger partial charge in [0.2, 0.25) is 11.6 Å². The molecule has 0 aromatic heterocycles. The summed E-state index contributed by atoms with van der Waals surface area (Å²) in [5.41, 5.74) is -1.59. The average molecular weight is 348 g/mol. The first-order valence-electron chi connectivity index (χ1n) is 7.49. The van der Waals surface area contributed by atoms with Crippen molar-refractivity contribution in [3.05, 3.63) is 0 Å². The van der Waals surface area contributed by atoms with Crippen LogP contribution >= 0.6 is 0 Å². The predicted molar refractivity (Wildman–Crippen MR) is 83.6 cm³/mol. The molecule has 2 atom stereocenters. The molecule has 0 fully saturated rings. The Bertz CT molecular complexity index is 449. The molecule has 0 radical (unpaired) electrons. The molecule has 0 saturated carbocycles. The lowest BCUT2D eigenvalue weighted by molar-refractivity contribution is -0.147. The van der Waals surface area contributed by atoms with Crippen LogP contribution in [-0.2, 0) is 28.5 Å². The molecular formula is C16H26O8. The molecule has 2 unspecified atom stereocenters. The van der Waals surface area contributed by atoms with Crippen LogP contribution in [0.15, 0.2) is 0 Å².